The highest BCUT2D eigenvalue weighted by atomic mass is 31.0. The van der Waals surface area contributed by atoms with E-state index in [1.807, 2.05) is 25.1 Å². The van der Waals surface area contributed by atoms with Crippen LogP contribution >= 0.6 is 9.47 Å². The summed E-state index contributed by atoms with van der Waals surface area (Å²) < 4.78 is 17.7. The monoisotopic (exact) mass is 480 g/mol. The number of pyridine rings is 2. The van der Waals surface area contributed by atoms with Crippen molar-refractivity contribution in [2.45, 2.75) is 58.8 Å². The van der Waals surface area contributed by atoms with E-state index >= 15 is 0 Å². The van der Waals surface area contributed by atoms with E-state index in [1.54, 1.807) is 10.6 Å². The molecule has 5 rings (SSSR count). The molecule has 176 valence electrons. The molecule has 8 nitrogen and oxygen atoms in total. The van der Waals surface area contributed by atoms with Gasteiger partial charge in [0.25, 0.3) is 5.56 Å². The number of fused-ring (bicyclic) bond motifs is 5. The molecule has 9 heteroatoms. The molecule has 2 atom stereocenters. The zero-order valence-corrected chi connectivity index (χ0v) is 20.2. The van der Waals surface area contributed by atoms with Gasteiger partial charge in [-0.05, 0) is 42.7 Å². The van der Waals surface area contributed by atoms with E-state index in [1.165, 1.54) is 0 Å². The molecule has 0 bridgehead atoms. The first kappa shape index (κ1) is 22.5. The van der Waals surface area contributed by atoms with Gasteiger partial charge in [-0.25, -0.2) is 9.78 Å². The Morgan fingerprint density at radius 1 is 1.24 bits per heavy atom. The first-order chi connectivity index (χ1) is 16.5. The molecule has 0 spiro atoms. The van der Waals surface area contributed by atoms with Crippen molar-refractivity contribution in [3.63, 3.8) is 0 Å². The summed E-state index contributed by atoms with van der Waals surface area (Å²) in [6.45, 7) is 4.27. The van der Waals surface area contributed by atoms with Gasteiger partial charge in [-0.2, -0.15) is 0 Å². The lowest BCUT2D eigenvalue weighted by Crippen LogP contribution is -2.34. The van der Waals surface area contributed by atoms with Crippen LogP contribution in [0, 0.1) is 0 Å². The fourth-order valence-corrected chi connectivity index (χ4v) is 4.92. The molecule has 34 heavy (non-hydrogen) atoms. The maximum absolute atomic E-state index is 13.5. The lowest BCUT2D eigenvalue weighted by molar-refractivity contribution is -0.171. The second kappa shape index (κ2) is 8.84. The van der Waals surface area contributed by atoms with E-state index in [-0.39, 0.29) is 18.6 Å². The Labute approximate surface area is 198 Å². The Balaban J connectivity index is 1.66. The highest BCUT2D eigenvalue weighted by molar-refractivity contribution is 7.10. The first-order valence-corrected chi connectivity index (χ1v) is 11.9. The average Bonchev–Trinajstić information content (AvgIpc) is 3.21. The van der Waals surface area contributed by atoms with Crippen molar-refractivity contribution >= 4 is 32.3 Å². The number of carbonyl (C=O) groups is 2. The summed E-state index contributed by atoms with van der Waals surface area (Å²) in [6, 6.07) is 7.44. The minimum atomic E-state index is -1.25. The van der Waals surface area contributed by atoms with Crippen LogP contribution in [0.3, 0.4) is 0 Å². The number of ether oxygens (including phenoxy) is 2. The summed E-state index contributed by atoms with van der Waals surface area (Å²) in [7, 11) is 2.25. The second-order valence-corrected chi connectivity index (χ2v) is 8.74. The highest BCUT2D eigenvalue weighted by Crippen LogP contribution is 2.39. The Kier molecular flexibility index (Phi) is 5.86. The van der Waals surface area contributed by atoms with Gasteiger partial charge in [0.05, 0.1) is 38.5 Å². The summed E-state index contributed by atoms with van der Waals surface area (Å²) >= 11 is 0. The summed E-state index contributed by atoms with van der Waals surface area (Å²) in [5.41, 5.74) is 4.65. The number of rotatable bonds is 6. The van der Waals surface area contributed by atoms with Crippen molar-refractivity contribution in [1.82, 2.24) is 9.55 Å². The van der Waals surface area contributed by atoms with Crippen LogP contribution in [0.5, 0.6) is 5.75 Å². The van der Waals surface area contributed by atoms with E-state index in [9.17, 15) is 14.4 Å². The molecule has 4 heterocycles. The van der Waals surface area contributed by atoms with E-state index < -0.39 is 18.0 Å². The van der Waals surface area contributed by atoms with Crippen molar-refractivity contribution < 1.29 is 23.6 Å². The third kappa shape index (κ3) is 3.57. The predicted molar refractivity (Wildman–Crippen MR) is 128 cm³/mol. The molecule has 0 radical (unpaired) electrons. The number of hydrogen-bond donors (Lipinski definition) is 0. The van der Waals surface area contributed by atoms with Crippen LogP contribution in [0.1, 0.15) is 61.5 Å². The Morgan fingerprint density at radius 2 is 2.06 bits per heavy atom. The minimum Gasteiger partial charge on any atom is -0.480 e. The molecule has 0 N–H and O–H groups in total. The van der Waals surface area contributed by atoms with Gasteiger partial charge in [-0.1, -0.05) is 20.3 Å². The van der Waals surface area contributed by atoms with E-state index in [0.29, 0.717) is 41.2 Å². The number of cyclic esters (lactones) is 1. The molecular weight excluding hydrogens is 455 g/mol. The van der Waals surface area contributed by atoms with Gasteiger partial charge in [-0.15, -0.1) is 0 Å². The molecule has 2 aromatic heterocycles. The van der Waals surface area contributed by atoms with Crippen LogP contribution in [0.15, 0.2) is 29.1 Å². The normalized spacial score (nSPS) is 16.0. The lowest BCUT2D eigenvalue weighted by Gasteiger charge is -2.25. The van der Waals surface area contributed by atoms with E-state index in [2.05, 4.69) is 16.4 Å². The number of nitrogens with zero attached hydrogens (tertiary/aromatic N) is 2. The fraction of sp³-hybridized carbons (Fsp3) is 0.360. The molecule has 0 aliphatic carbocycles. The Hall–Kier alpha value is -3.25. The molecule has 2 unspecified atom stereocenters. The summed E-state index contributed by atoms with van der Waals surface area (Å²) in [5, 5.41) is 0.980. The zero-order valence-electron chi connectivity index (χ0n) is 19.1. The number of aromatic nitrogens is 2. The smallest absolute Gasteiger partial charge is 0.352 e. The fourth-order valence-electron chi connectivity index (χ4n) is 4.77. The Bertz CT molecular complexity index is 1400. The maximum Gasteiger partial charge on any atom is 0.352 e. The van der Waals surface area contributed by atoms with Crippen LogP contribution in [0.25, 0.3) is 22.3 Å². The van der Waals surface area contributed by atoms with Gasteiger partial charge in [0.1, 0.15) is 12.4 Å². The topological polar surface area (TPSA) is 96.7 Å². The van der Waals surface area contributed by atoms with Crippen molar-refractivity contribution in [3.05, 3.63) is 56.9 Å². The van der Waals surface area contributed by atoms with E-state index in [0.717, 1.165) is 34.9 Å². The summed E-state index contributed by atoms with van der Waals surface area (Å²) in [5.74, 6) is -0.437. The highest BCUT2D eigenvalue weighted by Gasteiger charge is 2.37. The second-order valence-electron chi connectivity index (χ2n) is 8.50. The van der Waals surface area contributed by atoms with Gasteiger partial charge in [0.2, 0.25) is 6.10 Å². The molecule has 3 aromatic rings. The largest absolute Gasteiger partial charge is 0.480 e. The maximum atomic E-state index is 13.5. The average molecular weight is 480 g/mol. The van der Waals surface area contributed by atoms with Gasteiger partial charge < -0.3 is 18.6 Å². The molecule has 0 fully saturated rings. The first-order valence-electron chi connectivity index (χ1n) is 11.4. The van der Waals surface area contributed by atoms with Crippen molar-refractivity contribution in [2.75, 3.05) is 0 Å². The number of carbonyl (C=O) groups excluding carboxylic acids is 2. The van der Waals surface area contributed by atoms with Gasteiger partial charge in [-0.3, -0.25) is 9.59 Å². The Morgan fingerprint density at radius 3 is 2.79 bits per heavy atom. The van der Waals surface area contributed by atoms with Crippen molar-refractivity contribution in [3.8, 4) is 17.1 Å². The van der Waals surface area contributed by atoms with Crippen LogP contribution < -0.4 is 10.1 Å². The molecular formula is C25H25N2O6P. The molecule has 1 aromatic carbocycles. The third-order valence-electron chi connectivity index (χ3n) is 6.50. The van der Waals surface area contributed by atoms with Crippen LogP contribution in [-0.4, -0.2) is 21.5 Å². The molecule has 0 saturated carbocycles. The molecule has 2 aliphatic heterocycles. The van der Waals surface area contributed by atoms with Crippen LogP contribution in [0.4, 0.5) is 0 Å². The molecule has 2 aliphatic rings. The quantitative estimate of drug-likeness (QED) is 0.304. The third-order valence-corrected chi connectivity index (χ3v) is 6.77. The predicted octanol–water partition coefficient (Wildman–Crippen LogP) is 3.99. The SMILES string of the molecule is CCCCC(=O)OC1C(=O)OCc2c1cc1n(c2=O)Cc2c-1nc1ccc(OP)cc1c2CC. The van der Waals surface area contributed by atoms with Crippen LogP contribution in [0.2, 0.25) is 0 Å². The number of hydrogen-bond acceptors (Lipinski definition) is 7. The summed E-state index contributed by atoms with van der Waals surface area (Å²) in [6.07, 6.45) is 1.20. The zero-order chi connectivity index (χ0) is 24.0. The standard InChI is InChI=1S/C25H25N2O6P/c1-3-5-6-21(28)32-23-16-10-20-22-17(11-27(20)24(29)18(16)12-31-25(23)30)14(4-2)15-9-13(33-34)7-8-19(15)26-22/h7-10,23H,3-6,11-12,34H2,1-2H3. The van der Waals surface area contributed by atoms with Crippen LogP contribution in [-0.2, 0) is 38.6 Å². The number of esters is 2. The van der Waals surface area contributed by atoms with Gasteiger partial charge >= 0.3 is 11.9 Å². The molecule has 0 amide bonds. The number of benzene rings is 1. The van der Waals surface area contributed by atoms with Gasteiger partial charge in [0.15, 0.2) is 0 Å². The number of aryl methyl sites for hydroxylation is 1. The van der Waals surface area contributed by atoms with Crippen molar-refractivity contribution in [2.24, 2.45) is 0 Å². The molecule has 0 saturated heterocycles. The van der Waals surface area contributed by atoms with Gasteiger partial charge in [0, 0.05) is 22.9 Å². The van der Waals surface area contributed by atoms with Crippen molar-refractivity contribution in [1.29, 1.82) is 0 Å². The minimum absolute atomic E-state index is 0.141. The summed E-state index contributed by atoms with van der Waals surface area (Å²) in [4.78, 5) is 43.1. The number of unbranched alkanes of at least 4 members (excludes halogenated alkanes) is 1. The van der Waals surface area contributed by atoms with E-state index in [4.69, 9.17) is 19.0 Å². The lowest BCUT2D eigenvalue weighted by atomic mass is 9.97.